The van der Waals surface area contributed by atoms with Gasteiger partial charge in [-0.05, 0) is 34.1 Å². The molecule has 0 spiro atoms. The first kappa shape index (κ1) is 14.0. The lowest BCUT2D eigenvalue weighted by atomic mass is 10.2. The van der Waals surface area contributed by atoms with E-state index in [1.165, 1.54) is 14.2 Å². The lowest BCUT2D eigenvalue weighted by Gasteiger charge is -2.08. The number of benzene rings is 1. The van der Waals surface area contributed by atoms with Crippen molar-refractivity contribution in [3.8, 4) is 5.75 Å². The number of carbonyl (C=O) groups is 1. The summed E-state index contributed by atoms with van der Waals surface area (Å²) < 4.78 is 20.1. The molecule has 0 aliphatic heterocycles. The topological polar surface area (TPSA) is 54.0 Å². The van der Waals surface area contributed by atoms with Crippen molar-refractivity contribution in [2.45, 2.75) is 0 Å². The van der Waals surface area contributed by atoms with Gasteiger partial charge in [-0.15, -0.1) is 0 Å². The van der Waals surface area contributed by atoms with Crippen LogP contribution in [-0.2, 0) is 14.2 Å². The Hall–Kier alpha value is -1.11. The third-order valence-corrected chi connectivity index (χ3v) is 2.50. The van der Waals surface area contributed by atoms with Gasteiger partial charge in [-0.2, -0.15) is 0 Å². The summed E-state index contributed by atoms with van der Waals surface area (Å²) in [6.07, 6.45) is 0. The molecule has 5 nitrogen and oxygen atoms in total. The number of hydrogen-bond donors (Lipinski definition) is 0. The van der Waals surface area contributed by atoms with Crippen molar-refractivity contribution in [1.82, 2.24) is 0 Å². The van der Waals surface area contributed by atoms with Gasteiger partial charge in [0, 0.05) is 18.7 Å². The fourth-order valence-corrected chi connectivity index (χ4v) is 1.48. The van der Waals surface area contributed by atoms with Crippen molar-refractivity contribution in [3.05, 3.63) is 28.2 Å². The van der Waals surface area contributed by atoms with Crippen LogP contribution in [0.5, 0.6) is 5.75 Å². The molecule has 0 saturated heterocycles. The Morgan fingerprint density at radius 1 is 1.24 bits per heavy atom. The van der Waals surface area contributed by atoms with Gasteiger partial charge in [0.05, 0.1) is 5.56 Å². The van der Waals surface area contributed by atoms with Crippen molar-refractivity contribution in [2.75, 3.05) is 27.8 Å². The van der Waals surface area contributed by atoms with Gasteiger partial charge >= 0.3 is 5.97 Å². The van der Waals surface area contributed by atoms with E-state index in [2.05, 4.69) is 20.7 Å². The van der Waals surface area contributed by atoms with Crippen LogP contribution in [0.2, 0.25) is 0 Å². The van der Waals surface area contributed by atoms with Crippen molar-refractivity contribution in [1.29, 1.82) is 0 Å². The average Bonchev–Trinajstić information content (AvgIpc) is 2.35. The van der Waals surface area contributed by atoms with Gasteiger partial charge < -0.3 is 18.9 Å². The van der Waals surface area contributed by atoms with E-state index in [0.717, 1.165) is 0 Å². The molecule has 1 aromatic rings. The molecular weight excluding hydrogens is 292 g/mol. The molecule has 0 atom stereocenters. The minimum atomic E-state index is -0.485. The van der Waals surface area contributed by atoms with Crippen molar-refractivity contribution in [3.63, 3.8) is 0 Å². The molecule has 0 aliphatic carbocycles. The summed E-state index contributed by atoms with van der Waals surface area (Å²) in [7, 11) is 2.97. The lowest BCUT2D eigenvalue weighted by Crippen LogP contribution is -2.09. The number of hydrogen-bond acceptors (Lipinski definition) is 5. The van der Waals surface area contributed by atoms with Crippen molar-refractivity contribution >= 4 is 21.9 Å². The highest BCUT2D eigenvalue weighted by atomic mass is 79.9. The molecule has 0 aromatic heterocycles. The maximum atomic E-state index is 11.6. The number of esters is 1. The molecule has 0 N–H and O–H groups in total. The summed E-state index contributed by atoms with van der Waals surface area (Å²) >= 11 is 3.26. The van der Waals surface area contributed by atoms with Gasteiger partial charge in [0.1, 0.15) is 5.75 Å². The first-order chi connectivity index (χ1) is 8.19. The molecule has 0 fully saturated rings. The standard InChI is InChI=1S/C11H13BrO5/c1-14-6-16-8-3-4-10(12)9(5-8)11(13)17-7-15-2/h3-5H,6-7H2,1-2H3. The molecule has 1 aromatic carbocycles. The fraction of sp³-hybridized carbons (Fsp3) is 0.364. The first-order valence-corrected chi connectivity index (χ1v) is 5.55. The summed E-state index contributed by atoms with van der Waals surface area (Å²) in [6, 6.07) is 4.99. The van der Waals surface area contributed by atoms with Gasteiger partial charge in [0.15, 0.2) is 13.6 Å². The molecular formula is C11H13BrO5. The van der Waals surface area contributed by atoms with Crippen LogP contribution in [0, 0.1) is 0 Å². The largest absolute Gasteiger partial charge is 0.468 e. The SMILES string of the molecule is COCOC(=O)c1cc(OCOC)ccc1Br. The molecule has 0 heterocycles. The van der Waals surface area contributed by atoms with E-state index in [0.29, 0.717) is 15.8 Å². The molecule has 0 bridgehead atoms. The lowest BCUT2D eigenvalue weighted by molar-refractivity contribution is -0.0126. The fourth-order valence-electron chi connectivity index (χ4n) is 1.07. The first-order valence-electron chi connectivity index (χ1n) is 4.76. The minimum absolute atomic E-state index is 0.0889. The van der Waals surface area contributed by atoms with E-state index >= 15 is 0 Å². The van der Waals surface area contributed by atoms with Crippen molar-refractivity contribution < 1.29 is 23.7 Å². The van der Waals surface area contributed by atoms with E-state index in [-0.39, 0.29) is 13.6 Å². The van der Waals surface area contributed by atoms with Crippen LogP contribution < -0.4 is 4.74 Å². The van der Waals surface area contributed by atoms with E-state index < -0.39 is 5.97 Å². The Morgan fingerprint density at radius 3 is 2.59 bits per heavy atom. The highest BCUT2D eigenvalue weighted by molar-refractivity contribution is 9.10. The number of rotatable bonds is 6. The van der Waals surface area contributed by atoms with E-state index in [1.807, 2.05) is 0 Å². The number of ether oxygens (including phenoxy) is 4. The summed E-state index contributed by atoms with van der Waals surface area (Å²) in [5.74, 6) is 0.0426. The van der Waals surface area contributed by atoms with Gasteiger partial charge in [-0.3, -0.25) is 0 Å². The third-order valence-electron chi connectivity index (χ3n) is 1.81. The smallest absolute Gasteiger partial charge is 0.341 e. The van der Waals surface area contributed by atoms with E-state index in [9.17, 15) is 4.79 Å². The Morgan fingerprint density at radius 2 is 1.94 bits per heavy atom. The molecule has 0 aliphatic rings. The molecule has 0 radical (unpaired) electrons. The predicted molar refractivity (Wildman–Crippen MR) is 63.9 cm³/mol. The number of carbonyl (C=O) groups excluding carboxylic acids is 1. The van der Waals surface area contributed by atoms with Crippen LogP contribution in [0.25, 0.3) is 0 Å². The summed E-state index contributed by atoms with van der Waals surface area (Å²) in [5, 5.41) is 0. The Kier molecular flexibility index (Phi) is 5.96. The zero-order valence-electron chi connectivity index (χ0n) is 9.57. The molecule has 0 saturated carbocycles. The second-order valence-electron chi connectivity index (χ2n) is 3.03. The molecule has 94 valence electrons. The summed E-state index contributed by atoms with van der Waals surface area (Å²) in [6.45, 7) is 0.0304. The highest BCUT2D eigenvalue weighted by Crippen LogP contribution is 2.23. The number of halogens is 1. The van der Waals surface area contributed by atoms with Crippen LogP contribution in [0.3, 0.4) is 0 Å². The predicted octanol–water partition coefficient (Wildman–Crippen LogP) is 2.19. The van der Waals surface area contributed by atoms with Crippen LogP contribution >= 0.6 is 15.9 Å². The maximum absolute atomic E-state index is 11.6. The normalized spacial score (nSPS) is 10.1. The second kappa shape index (κ2) is 7.26. The van der Waals surface area contributed by atoms with Gasteiger partial charge in [0.25, 0.3) is 0 Å². The Balaban J connectivity index is 2.78. The van der Waals surface area contributed by atoms with Crippen molar-refractivity contribution in [2.24, 2.45) is 0 Å². The van der Waals surface area contributed by atoms with Crippen LogP contribution in [0.1, 0.15) is 10.4 Å². The maximum Gasteiger partial charge on any atom is 0.341 e. The molecule has 6 heteroatoms. The molecule has 17 heavy (non-hydrogen) atoms. The number of methoxy groups -OCH3 is 2. The van der Waals surface area contributed by atoms with Crippen LogP contribution in [-0.4, -0.2) is 33.8 Å². The summed E-state index contributed by atoms with van der Waals surface area (Å²) in [4.78, 5) is 11.6. The highest BCUT2D eigenvalue weighted by Gasteiger charge is 2.12. The second-order valence-corrected chi connectivity index (χ2v) is 3.89. The van der Waals surface area contributed by atoms with E-state index in [4.69, 9.17) is 14.2 Å². The minimum Gasteiger partial charge on any atom is -0.468 e. The van der Waals surface area contributed by atoms with Gasteiger partial charge in [-0.1, -0.05) is 0 Å². The molecule has 0 amide bonds. The third kappa shape index (κ3) is 4.33. The molecule has 1 rings (SSSR count). The van der Waals surface area contributed by atoms with E-state index in [1.54, 1.807) is 18.2 Å². The zero-order valence-corrected chi connectivity index (χ0v) is 11.2. The quantitative estimate of drug-likeness (QED) is 0.596. The van der Waals surface area contributed by atoms with Gasteiger partial charge in [0.2, 0.25) is 0 Å². The monoisotopic (exact) mass is 304 g/mol. The molecule has 0 unspecified atom stereocenters. The zero-order chi connectivity index (χ0) is 12.7. The van der Waals surface area contributed by atoms with Crippen LogP contribution in [0.4, 0.5) is 0 Å². The Bertz CT molecular complexity index is 380. The summed E-state index contributed by atoms with van der Waals surface area (Å²) in [5.41, 5.74) is 0.371. The average molecular weight is 305 g/mol. The van der Waals surface area contributed by atoms with Gasteiger partial charge in [-0.25, -0.2) is 4.79 Å². The Labute approximate surface area is 108 Å². The van der Waals surface area contributed by atoms with Crippen LogP contribution in [0.15, 0.2) is 22.7 Å².